The molecule has 1 aromatic heterocycles. The highest BCUT2D eigenvalue weighted by Gasteiger charge is 2.37. The molecule has 0 fully saturated rings. The molecule has 0 amide bonds. The fraction of sp³-hybridized carbons (Fsp3) is 0.455. The van der Waals surface area contributed by atoms with E-state index in [0.29, 0.717) is 0 Å². The number of nitrogens with one attached hydrogen (secondary N) is 1. The zero-order valence-electron chi connectivity index (χ0n) is 13.8. The van der Waals surface area contributed by atoms with Crippen LogP contribution >= 0.6 is 27.9 Å². The van der Waals surface area contributed by atoms with Crippen LogP contribution in [0.3, 0.4) is 0 Å². The summed E-state index contributed by atoms with van der Waals surface area (Å²) in [4.78, 5) is 39.8. The maximum absolute atomic E-state index is 11.4. The Morgan fingerprint density at radius 2 is 2.04 bits per heavy atom. The third-order valence-electron chi connectivity index (χ3n) is 2.83. The number of aromatic amines is 1. The van der Waals surface area contributed by atoms with Gasteiger partial charge in [0.2, 0.25) is 6.23 Å². The summed E-state index contributed by atoms with van der Waals surface area (Å²) in [5, 5.41) is 19.7. The van der Waals surface area contributed by atoms with Crippen LogP contribution in [-0.4, -0.2) is 53.3 Å². The maximum atomic E-state index is 11.4. The van der Waals surface area contributed by atoms with Gasteiger partial charge in [-0.05, 0) is 19.1 Å². The first-order chi connectivity index (χ1) is 12.2. The first-order valence-electron chi connectivity index (χ1n) is 6.90. The molecule has 2 unspecified atom stereocenters. The van der Waals surface area contributed by atoms with Crippen molar-refractivity contribution in [3.8, 4) is 0 Å². The quantitative estimate of drug-likeness (QED) is 0.158. The summed E-state index contributed by atoms with van der Waals surface area (Å²) >= 11 is 4.95. The predicted octanol–water partition coefficient (Wildman–Crippen LogP) is -0.0956. The Labute approximate surface area is 157 Å². The Bertz CT molecular complexity index is 889. The van der Waals surface area contributed by atoms with Crippen LogP contribution in [-0.2, 0) is 22.7 Å². The van der Waals surface area contributed by atoms with Crippen LogP contribution < -0.4 is 5.56 Å². The lowest BCUT2D eigenvalue weighted by molar-refractivity contribution is -0.141. The summed E-state index contributed by atoms with van der Waals surface area (Å²) in [5.41, 5.74) is -2.48. The van der Waals surface area contributed by atoms with E-state index in [9.17, 15) is 29.0 Å². The number of aromatic nitrogens is 2. The molecule has 16 heteroatoms. The van der Waals surface area contributed by atoms with Crippen LogP contribution in [0.15, 0.2) is 29.4 Å². The third-order valence-corrected chi connectivity index (χ3v) is 5.28. The van der Waals surface area contributed by atoms with E-state index in [4.69, 9.17) is 26.7 Å². The molecule has 0 aliphatic rings. The summed E-state index contributed by atoms with van der Waals surface area (Å²) in [6.45, 7) is 2.86. The first kappa shape index (κ1) is 23.9. The van der Waals surface area contributed by atoms with Crippen molar-refractivity contribution in [1.29, 1.82) is 0 Å². The van der Waals surface area contributed by atoms with Gasteiger partial charge in [0, 0.05) is 12.3 Å². The molecule has 1 rings (SSSR count). The van der Waals surface area contributed by atoms with E-state index >= 15 is 0 Å². The standard InChI is InChI=1S/C11H18N2O11P2S/c1-7(5-22-26(20,21)24-25(17,18)19)23-9(11(2,16)6-14)13-4-3-8(15)12-10(13)27/h3-4,9,14,16H,1,5-6H2,2H3,(H,20,21)(H,12,15,27)(H2,17,18,19)/t9-,11?/m1/s1. The molecule has 0 bridgehead atoms. The van der Waals surface area contributed by atoms with E-state index < -0.39 is 52.0 Å². The fourth-order valence-corrected chi connectivity index (χ4v) is 3.51. The van der Waals surface area contributed by atoms with Crippen LogP contribution in [0.2, 0.25) is 0 Å². The zero-order chi connectivity index (χ0) is 21.0. The lowest BCUT2D eigenvalue weighted by Crippen LogP contribution is -2.42. The van der Waals surface area contributed by atoms with Crippen molar-refractivity contribution in [2.45, 2.75) is 18.8 Å². The van der Waals surface area contributed by atoms with E-state index in [1.54, 1.807) is 0 Å². The summed E-state index contributed by atoms with van der Waals surface area (Å²) < 4.78 is 36.1. The summed E-state index contributed by atoms with van der Waals surface area (Å²) in [7, 11) is -10.4. The monoisotopic (exact) mass is 448 g/mol. The molecule has 0 aliphatic carbocycles. The van der Waals surface area contributed by atoms with E-state index in [1.165, 1.54) is 6.92 Å². The molecule has 13 nitrogen and oxygen atoms in total. The minimum absolute atomic E-state index is 0.174. The number of ether oxygens (including phenoxy) is 1. The lowest BCUT2D eigenvalue weighted by atomic mass is 10.1. The van der Waals surface area contributed by atoms with Gasteiger partial charge in [0.05, 0.1) is 6.61 Å². The van der Waals surface area contributed by atoms with Crippen molar-refractivity contribution in [2.75, 3.05) is 13.2 Å². The van der Waals surface area contributed by atoms with Gasteiger partial charge in [0.15, 0.2) is 4.77 Å². The molecule has 0 aromatic carbocycles. The molecule has 6 N–H and O–H groups in total. The Hall–Kier alpha value is -1.18. The van der Waals surface area contributed by atoms with Gasteiger partial charge in [-0.2, -0.15) is 4.31 Å². The number of aliphatic hydroxyl groups excluding tert-OH is 1. The molecule has 0 aliphatic heterocycles. The number of phosphoric acid groups is 2. The predicted molar refractivity (Wildman–Crippen MR) is 91.8 cm³/mol. The van der Waals surface area contributed by atoms with Crippen molar-refractivity contribution in [1.82, 2.24) is 9.55 Å². The van der Waals surface area contributed by atoms with E-state index in [2.05, 4.69) is 20.4 Å². The maximum Gasteiger partial charge on any atom is 0.481 e. The second kappa shape index (κ2) is 8.88. The van der Waals surface area contributed by atoms with Gasteiger partial charge in [-0.25, -0.2) is 9.13 Å². The Kier molecular flexibility index (Phi) is 7.85. The van der Waals surface area contributed by atoms with Crippen LogP contribution in [0.1, 0.15) is 13.2 Å². The Morgan fingerprint density at radius 1 is 1.44 bits per heavy atom. The van der Waals surface area contributed by atoms with Crippen molar-refractivity contribution >= 4 is 27.9 Å². The number of hydrogen-bond acceptors (Lipinski definition) is 9. The van der Waals surface area contributed by atoms with Gasteiger partial charge < -0.3 is 29.6 Å². The highest BCUT2D eigenvalue weighted by molar-refractivity contribution is 7.71. The summed E-state index contributed by atoms with van der Waals surface area (Å²) in [6, 6.07) is 1.06. The van der Waals surface area contributed by atoms with Crippen LogP contribution in [0.4, 0.5) is 0 Å². The number of rotatable bonds is 10. The lowest BCUT2D eigenvalue weighted by Gasteiger charge is -2.33. The van der Waals surface area contributed by atoms with Crippen LogP contribution in [0, 0.1) is 4.77 Å². The minimum Gasteiger partial charge on any atom is -0.469 e. The summed E-state index contributed by atoms with van der Waals surface area (Å²) in [6.07, 6.45) is -0.290. The summed E-state index contributed by atoms with van der Waals surface area (Å²) in [5.74, 6) is -0.398. The fourth-order valence-electron chi connectivity index (χ4n) is 1.68. The van der Waals surface area contributed by atoms with Crippen molar-refractivity contribution in [3.05, 3.63) is 39.7 Å². The molecule has 27 heavy (non-hydrogen) atoms. The van der Waals surface area contributed by atoms with Crippen LogP contribution in [0.25, 0.3) is 0 Å². The molecule has 154 valence electrons. The first-order valence-corrected chi connectivity index (χ1v) is 10.3. The number of aliphatic hydroxyl groups is 2. The average Bonchev–Trinajstić information content (AvgIpc) is 2.49. The van der Waals surface area contributed by atoms with Crippen LogP contribution in [0.5, 0.6) is 0 Å². The molecule has 0 spiro atoms. The van der Waals surface area contributed by atoms with E-state index in [0.717, 1.165) is 16.8 Å². The van der Waals surface area contributed by atoms with E-state index in [-0.39, 0.29) is 4.77 Å². The van der Waals surface area contributed by atoms with Crippen molar-refractivity contribution in [3.63, 3.8) is 0 Å². The number of hydrogen-bond donors (Lipinski definition) is 6. The molecule has 1 heterocycles. The van der Waals surface area contributed by atoms with Gasteiger partial charge in [-0.15, -0.1) is 0 Å². The molecule has 0 radical (unpaired) electrons. The second-order valence-corrected chi connectivity index (χ2v) is 8.57. The highest BCUT2D eigenvalue weighted by Crippen LogP contribution is 2.57. The van der Waals surface area contributed by atoms with E-state index in [1.807, 2.05) is 0 Å². The molecule has 3 atom stereocenters. The number of H-pyrrole nitrogens is 1. The second-order valence-electron chi connectivity index (χ2n) is 5.36. The highest BCUT2D eigenvalue weighted by atomic mass is 32.1. The normalized spacial score (nSPS) is 17.6. The van der Waals surface area contributed by atoms with Gasteiger partial charge >= 0.3 is 15.6 Å². The van der Waals surface area contributed by atoms with Gasteiger partial charge in [0.1, 0.15) is 18.0 Å². The number of nitrogens with zero attached hydrogens (tertiary/aromatic N) is 1. The molecule has 0 saturated heterocycles. The Balaban J connectivity index is 2.99. The Morgan fingerprint density at radius 3 is 2.52 bits per heavy atom. The topological polar surface area (TPSA) is 201 Å². The smallest absolute Gasteiger partial charge is 0.469 e. The van der Waals surface area contributed by atoms with Crippen molar-refractivity contribution < 1.29 is 47.6 Å². The molecule has 1 aromatic rings. The molecule has 0 saturated carbocycles. The van der Waals surface area contributed by atoms with Gasteiger partial charge in [-0.1, -0.05) is 6.58 Å². The average molecular weight is 448 g/mol. The largest absolute Gasteiger partial charge is 0.481 e. The molecular formula is C11H18N2O11P2S. The zero-order valence-corrected chi connectivity index (χ0v) is 16.4. The molecular weight excluding hydrogens is 430 g/mol. The SMILES string of the molecule is C=C(COP(=O)(O)OP(=O)(O)O)O[C@@H](n1ccc(=O)[nH]c1=S)C(C)(O)CO. The van der Waals surface area contributed by atoms with Gasteiger partial charge in [-0.3, -0.25) is 18.9 Å². The number of phosphoric ester groups is 1. The minimum atomic E-state index is -5.30. The van der Waals surface area contributed by atoms with Crippen molar-refractivity contribution in [2.24, 2.45) is 0 Å². The van der Waals surface area contributed by atoms with Gasteiger partial charge in [0.25, 0.3) is 5.56 Å². The third kappa shape index (κ3) is 7.76.